The first-order valence-electron chi connectivity index (χ1n) is 11.2. The Balaban J connectivity index is 1.28. The van der Waals surface area contributed by atoms with Gasteiger partial charge in [-0.3, -0.25) is 4.79 Å². The average molecular weight is 515 g/mol. The number of carbonyl (C=O) groups excluding carboxylic acids is 1. The number of alkyl halides is 3. The van der Waals surface area contributed by atoms with Crippen molar-refractivity contribution in [3.63, 3.8) is 0 Å². The minimum absolute atomic E-state index is 0.0548. The molecule has 0 bridgehead atoms. The first-order chi connectivity index (χ1) is 17.4. The topological polar surface area (TPSA) is 80.5 Å². The zero-order valence-electron chi connectivity index (χ0n) is 18.9. The number of halogens is 3. The van der Waals surface area contributed by atoms with E-state index in [-0.39, 0.29) is 11.0 Å². The highest BCUT2D eigenvalue weighted by Gasteiger charge is 2.32. The van der Waals surface area contributed by atoms with Gasteiger partial charge in [-0.25, -0.2) is 0 Å². The summed E-state index contributed by atoms with van der Waals surface area (Å²) in [5, 5.41) is 13.1. The molecule has 1 saturated heterocycles. The van der Waals surface area contributed by atoms with Crippen molar-refractivity contribution in [1.29, 1.82) is 0 Å². The third kappa shape index (κ3) is 5.31. The van der Waals surface area contributed by atoms with Gasteiger partial charge in [-0.2, -0.15) is 13.2 Å². The molecule has 1 N–H and O–H groups in total. The Morgan fingerprint density at radius 2 is 1.81 bits per heavy atom. The van der Waals surface area contributed by atoms with Crippen molar-refractivity contribution >= 4 is 39.8 Å². The van der Waals surface area contributed by atoms with E-state index in [2.05, 4.69) is 15.5 Å². The Labute approximate surface area is 208 Å². The summed E-state index contributed by atoms with van der Waals surface area (Å²) in [5.74, 6) is -0.118. The van der Waals surface area contributed by atoms with Crippen LogP contribution >= 0.6 is 11.8 Å². The maximum absolute atomic E-state index is 13.3. The largest absolute Gasteiger partial charge is 0.416 e. The number of ether oxygens (including phenoxy) is 1. The molecule has 7 nitrogen and oxygen atoms in total. The molecule has 0 spiro atoms. The summed E-state index contributed by atoms with van der Waals surface area (Å²) < 4.78 is 50.9. The van der Waals surface area contributed by atoms with Crippen molar-refractivity contribution < 1.29 is 27.1 Å². The smallest absolute Gasteiger partial charge is 0.411 e. The Hall–Kier alpha value is -3.57. The zero-order chi connectivity index (χ0) is 25.1. The normalized spacial score (nSPS) is 14.2. The Kier molecular flexibility index (Phi) is 6.84. The lowest BCUT2D eigenvalue weighted by Crippen LogP contribution is -2.37. The molecular weight excluding hydrogens is 493 g/mol. The van der Waals surface area contributed by atoms with Crippen LogP contribution in [0.25, 0.3) is 22.2 Å². The zero-order valence-corrected chi connectivity index (χ0v) is 19.7. The molecule has 0 saturated carbocycles. The summed E-state index contributed by atoms with van der Waals surface area (Å²) in [6.45, 7) is 1.65. The van der Waals surface area contributed by atoms with Gasteiger partial charge in [-0.15, -0.1) is 10.2 Å². The number of thioether (sulfide) groups is 1. The number of morpholine rings is 1. The van der Waals surface area contributed by atoms with Gasteiger partial charge in [0.15, 0.2) is 0 Å². The molecule has 0 aliphatic carbocycles. The van der Waals surface area contributed by atoms with Crippen molar-refractivity contribution in [2.24, 2.45) is 0 Å². The predicted octanol–water partition coefficient (Wildman–Crippen LogP) is 5.48. The van der Waals surface area contributed by atoms with E-state index >= 15 is 0 Å². The van der Waals surface area contributed by atoms with E-state index in [0.29, 0.717) is 43.6 Å². The highest BCUT2D eigenvalue weighted by atomic mass is 32.2. The summed E-state index contributed by atoms with van der Waals surface area (Å²) >= 11 is 1.05. The second-order valence-electron chi connectivity index (χ2n) is 8.07. The van der Waals surface area contributed by atoms with Crippen molar-refractivity contribution in [3.05, 3.63) is 66.2 Å². The second-order valence-corrected chi connectivity index (χ2v) is 8.99. The van der Waals surface area contributed by atoms with Crippen molar-refractivity contribution in [1.82, 2.24) is 10.2 Å². The lowest BCUT2D eigenvalue weighted by atomic mass is 10.0. The summed E-state index contributed by atoms with van der Waals surface area (Å²) in [7, 11) is 0. The first kappa shape index (κ1) is 24.1. The van der Waals surface area contributed by atoms with Crippen LogP contribution in [0.3, 0.4) is 0 Å². The van der Waals surface area contributed by atoms with Crippen LogP contribution in [0.2, 0.25) is 0 Å². The standard InChI is InChI=1S/C25H21F3N4O3S/c26-25(27,28)17-8-9-20(21(14-17)32-10-12-34-13-11-32)29-22(33)15-36-24-31-30-23(35-24)19-7-3-5-16-4-1-2-6-18(16)19/h1-9,14H,10-13,15H2,(H,29,33). The van der Waals surface area contributed by atoms with E-state index in [0.717, 1.165) is 40.2 Å². The molecule has 11 heteroatoms. The van der Waals surface area contributed by atoms with E-state index in [1.807, 2.05) is 42.5 Å². The number of benzene rings is 3. The van der Waals surface area contributed by atoms with Gasteiger partial charge in [0.05, 0.1) is 35.9 Å². The second kappa shape index (κ2) is 10.2. The molecule has 186 valence electrons. The molecule has 1 aliphatic heterocycles. The molecule has 0 radical (unpaired) electrons. The quantitative estimate of drug-likeness (QED) is 0.342. The van der Waals surface area contributed by atoms with Crippen molar-refractivity contribution in [3.8, 4) is 11.5 Å². The van der Waals surface area contributed by atoms with Crippen molar-refractivity contribution in [2.45, 2.75) is 11.4 Å². The van der Waals surface area contributed by atoms with Crippen molar-refractivity contribution in [2.75, 3.05) is 42.3 Å². The van der Waals surface area contributed by atoms with Gasteiger partial charge in [-0.1, -0.05) is 48.2 Å². The molecule has 5 rings (SSSR count). The number of nitrogens with one attached hydrogen (secondary N) is 1. The number of anilines is 2. The van der Waals surface area contributed by atoms with Crippen LogP contribution in [-0.4, -0.2) is 48.2 Å². The van der Waals surface area contributed by atoms with Gasteiger partial charge in [0.2, 0.25) is 11.8 Å². The van der Waals surface area contributed by atoms with Crippen LogP contribution in [0, 0.1) is 0 Å². The number of hydrogen-bond acceptors (Lipinski definition) is 7. The Morgan fingerprint density at radius 1 is 1.03 bits per heavy atom. The van der Waals surface area contributed by atoms with Gasteiger partial charge in [0.1, 0.15) is 0 Å². The molecule has 4 aromatic rings. The number of amides is 1. The Bertz CT molecular complexity index is 1380. The molecular formula is C25H21F3N4O3S. The maximum atomic E-state index is 13.3. The fourth-order valence-electron chi connectivity index (χ4n) is 3.98. The van der Waals surface area contributed by atoms with Crippen LogP contribution in [0.4, 0.5) is 24.5 Å². The number of carbonyl (C=O) groups is 1. The predicted molar refractivity (Wildman–Crippen MR) is 131 cm³/mol. The lowest BCUT2D eigenvalue weighted by molar-refractivity contribution is -0.137. The van der Waals surface area contributed by atoms with Gasteiger partial charge in [0.25, 0.3) is 5.22 Å². The fraction of sp³-hybridized carbons (Fsp3) is 0.240. The van der Waals surface area contributed by atoms with E-state index < -0.39 is 17.6 Å². The molecule has 1 amide bonds. The number of hydrogen-bond donors (Lipinski definition) is 1. The molecule has 1 fully saturated rings. The van der Waals surface area contributed by atoms with Crippen LogP contribution < -0.4 is 10.2 Å². The van der Waals surface area contributed by atoms with E-state index in [4.69, 9.17) is 9.15 Å². The first-order valence-corrected chi connectivity index (χ1v) is 12.2. The third-order valence-electron chi connectivity index (χ3n) is 5.70. The monoisotopic (exact) mass is 514 g/mol. The van der Waals surface area contributed by atoms with Gasteiger partial charge in [-0.05, 0) is 35.0 Å². The van der Waals surface area contributed by atoms with E-state index in [9.17, 15) is 18.0 Å². The fourth-order valence-corrected chi connectivity index (χ4v) is 4.55. The molecule has 3 aromatic carbocycles. The minimum atomic E-state index is -4.49. The number of fused-ring (bicyclic) bond motifs is 1. The molecule has 0 unspecified atom stereocenters. The molecule has 1 aliphatic rings. The highest BCUT2D eigenvalue weighted by molar-refractivity contribution is 7.99. The number of rotatable bonds is 6. The SMILES string of the molecule is O=C(CSc1nnc(-c2cccc3ccccc23)o1)Nc1ccc(C(F)(F)F)cc1N1CCOCC1. The van der Waals surface area contributed by atoms with Gasteiger partial charge in [0, 0.05) is 18.7 Å². The van der Waals surface area contributed by atoms with E-state index in [1.54, 1.807) is 4.90 Å². The molecule has 36 heavy (non-hydrogen) atoms. The molecule has 1 aromatic heterocycles. The van der Waals surface area contributed by atoms with Crippen LogP contribution in [0.15, 0.2) is 70.3 Å². The summed E-state index contributed by atoms with van der Waals surface area (Å²) in [5.41, 5.74) is 0.625. The van der Waals surface area contributed by atoms with Gasteiger partial charge < -0.3 is 19.4 Å². The lowest BCUT2D eigenvalue weighted by Gasteiger charge is -2.31. The minimum Gasteiger partial charge on any atom is -0.411 e. The van der Waals surface area contributed by atoms with Gasteiger partial charge >= 0.3 is 6.18 Å². The van der Waals surface area contributed by atoms with E-state index in [1.165, 1.54) is 6.07 Å². The van der Waals surface area contributed by atoms with Crippen LogP contribution in [0.1, 0.15) is 5.56 Å². The third-order valence-corrected chi connectivity index (χ3v) is 6.52. The molecule has 0 atom stereocenters. The average Bonchev–Trinajstić information content (AvgIpc) is 3.36. The number of aromatic nitrogens is 2. The van der Waals surface area contributed by atoms with Crippen LogP contribution in [0.5, 0.6) is 0 Å². The maximum Gasteiger partial charge on any atom is 0.416 e. The summed E-state index contributed by atoms with van der Waals surface area (Å²) in [4.78, 5) is 14.4. The number of nitrogens with zero attached hydrogens (tertiary/aromatic N) is 3. The summed E-state index contributed by atoms with van der Waals surface area (Å²) in [6.07, 6.45) is -4.49. The van der Waals surface area contributed by atoms with Crippen LogP contribution in [-0.2, 0) is 15.7 Å². The molecule has 2 heterocycles. The summed E-state index contributed by atoms with van der Waals surface area (Å²) in [6, 6.07) is 16.9. The highest BCUT2D eigenvalue weighted by Crippen LogP contribution is 2.36. The Morgan fingerprint density at radius 3 is 2.61 bits per heavy atom.